The van der Waals surface area contributed by atoms with Crippen LogP contribution < -0.4 is 5.32 Å². The van der Waals surface area contributed by atoms with Crippen LogP contribution in [0.5, 0.6) is 0 Å². The van der Waals surface area contributed by atoms with Crippen molar-refractivity contribution in [1.82, 2.24) is 19.7 Å². The zero-order chi connectivity index (χ0) is 22.5. The van der Waals surface area contributed by atoms with Gasteiger partial charge >= 0.3 is 0 Å². The molecule has 1 saturated heterocycles. The lowest BCUT2D eigenvalue weighted by Crippen LogP contribution is -2.51. The summed E-state index contributed by atoms with van der Waals surface area (Å²) in [4.78, 5) is 29.8. The van der Waals surface area contributed by atoms with Crippen molar-refractivity contribution in [3.05, 3.63) is 58.9 Å². The molecule has 0 unspecified atom stereocenters. The Bertz CT molecular complexity index is 923. The molecular formula is C26H36N4O2. The number of benzene rings is 1. The van der Waals surface area contributed by atoms with Gasteiger partial charge in [0.2, 0.25) is 5.91 Å². The quantitative estimate of drug-likeness (QED) is 0.725. The number of hydrogen-bond acceptors (Lipinski definition) is 3. The molecule has 172 valence electrons. The smallest absolute Gasteiger partial charge is 0.253 e. The summed E-state index contributed by atoms with van der Waals surface area (Å²) in [7, 11) is 0. The molecule has 1 aliphatic carbocycles. The average molecular weight is 437 g/mol. The molecule has 1 saturated carbocycles. The number of nitrogens with one attached hydrogen (secondary N) is 1. The third kappa shape index (κ3) is 5.23. The minimum Gasteiger partial charge on any atom is -0.351 e. The van der Waals surface area contributed by atoms with Crippen molar-refractivity contribution in [1.29, 1.82) is 0 Å². The van der Waals surface area contributed by atoms with Crippen LogP contribution in [0.1, 0.15) is 53.0 Å². The standard InChI is InChI=1S/C26H36N4O2/c1-20-18-24(21(2)30(20)19-22-8-4-3-5-9-22)25(31)27-12-13-28-14-16-29(17-15-28)26(32)23-10-6-7-11-23/h3-5,8-9,18,23H,6-7,10-17,19H2,1-2H3,(H,27,31). The predicted octanol–water partition coefficient (Wildman–Crippen LogP) is 3.22. The maximum absolute atomic E-state index is 12.8. The summed E-state index contributed by atoms with van der Waals surface area (Å²) in [6, 6.07) is 12.3. The zero-order valence-corrected chi connectivity index (χ0v) is 19.5. The van der Waals surface area contributed by atoms with Crippen LogP contribution in [0.2, 0.25) is 0 Å². The first kappa shape index (κ1) is 22.6. The highest BCUT2D eigenvalue weighted by atomic mass is 16.2. The Morgan fingerprint density at radius 1 is 1.00 bits per heavy atom. The maximum Gasteiger partial charge on any atom is 0.253 e. The Hall–Kier alpha value is -2.60. The van der Waals surface area contributed by atoms with Gasteiger partial charge in [0.15, 0.2) is 0 Å². The summed E-state index contributed by atoms with van der Waals surface area (Å²) in [5.41, 5.74) is 4.08. The Kier molecular flexibility index (Phi) is 7.30. The molecule has 6 heteroatoms. The number of aryl methyl sites for hydroxylation is 1. The molecule has 6 nitrogen and oxygen atoms in total. The molecule has 1 aromatic carbocycles. The number of rotatable bonds is 7. The Morgan fingerprint density at radius 3 is 2.38 bits per heavy atom. The normalized spacial score (nSPS) is 17.6. The molecule has 32 heavy (non-hydrogen) atoms. The molecule has 0 radical (unpaired) electrons. The molecule has 4 rings (SSSR count). The first-order chi connectivity index (χ1) is 15.5. The first-order valence-corrected chi connectivity index (χ1v) is 12.0. The maximum atomic E-state index is 12.8. The van der Waals surface area contributed by atoms with Crippen LogP contribution in [0.25, 0.3) is 0 Å². The lowest BCUT2D eigenvalue weighted by atomic mass is 10.1. The van der Waals surface area contributed by atoms with E-state index in [0.717, 1.165) is 69.1 Å². The van der Waals surface area contributed by atoms with Crippen molar-refractivity contribution in [3.8, 4) is 0 Å². The van der Waals surface area contributed by atoms with Crippen molar-refractivity contribution in [2.24, 2.45) is 5.92 Å². The summed E-state index contributed by atoms with van der Waals surface area (Å²) in [6.45, 7) is 9.69. The number of amides is 2. The highest BCUT2D eigenvalue weighted by molar-refractivity contribution is 5.95. The fourth-order valence-electron chi connectivity index (χ4n) is 5.09. The van der Waals surface area contributed by atoms with Crippen molar-refractivity contribution in [2.45, 2.75) is 46.1 Å². The van der Waals surface area contributed by atoms with Gasteiger partial charge in [0, 0.05) is 63.1 Å². The highest BCUT2D eigenvalue weighted by Crippen LogP contribution is 2.27. The van der Waals surface area contributed by atoms with E-state index in [2.05, 4.69) is 33.8 Å². The molecule has 1 aliphatic heterocycles. The minimum absolute atomic E-state index is 0.00698. The number of aromatic nitrogens is 1. The topological polar surface area (TPSA) is 57.6 Å². The van der Waals surface area contributed by atoms with E-state index in [1.165, 1.54) is 18.4 Å². The van der Waals surface area contributed by atoms with Crippen molar-refractivity contribution in [3.63, 3.8) is 0 Å². The third-order valence-electron chi connectivity index (χ3n) is 7.10. The van der Waals surface area contributed by atoms with Gasteiger partial charge in [0.25, 0.3) is 5.91 Å². The Balaban J connectivity index is 1.23. The molecule has 0 bridgehead atoms. The minimum atomic E-state index is -0.00698. The van der Waals surface area contributed by atoms with Gasteiger partial charge in [-0.15, -0.1) is 0 Å². The SMILES string of the molecule is Cc1cc(C(=O)NCCN2CCN(C(=O)C3CCCC3)CC2)c(C)n1Cc1ccccc1. The van der Waals surface area contributed by atoms with Gasteiger partial charge in [0.1, 0.15) is 0 Å². The average Bonchev–Trinajstić information content (AvgIpc) is 3.44. The summed E-state index contributed by atoms with van der Waals surface area (Å²) < 4.78 is 2.20. The second-order valence-corrected chi connectivity index (χ2v) is 9.26. The summed E-state index contributed by atoms with van der Waals surface area (Å²) in [5.74, 6) is 0.621. The molecule has 0 spiro atoms. The molecule has 2 amide bonds. The van der Waals surface area contributed by atoms with Crippen LogP contribution in [-0.4, -0.2) is 65.4 Å². The van der Waals surface area contributed by atoms with Gasteiger partial charge in [-0.05, 0) is 38.3 Å². The van der Waals surface area contributed by atoms with Crippen LogP contribution >= 0.6 is 0 Å². The number of hydrogen-bond donors (Lipinski definition) is 1. The van der Waals surface area contributed by atoms with E-state index in [9.17, 15) is 9.59 Å². The van der Waals surface area contributed by atoms with E-state index in [0.29, 0.717) is 12.5 Å². The van der Waals surface area contributed by atoms with Gasteiger partial charge in [-0.1, -0.05) is 43.2 Å². The summed E-state index contributed by atoms with van der Waals surface area (Å²) in [6.07, 6.45) is 4.53. The Morgan fingerprint density at radius 2 is 1.69 bits per heavy atom. The lowest BCUT2D eigenvalue weighted by molar-refractivity contribution is -0.137. The molecule has 1 N–H and O–H groups in total. The van der Waals surface area contributed by atoms with Crippen molar-refractivity contribution >= 4 is 11.8 Å². The first-order valence-electron chi connectivity index (χ1n) is 12.0. The van der Waals surface area contributed by atoms with Crippen LogP contribution in [0.4, 0.5) is 0 Å². The van der Waals surface area contributed by atoms with E-state index in [4.69, 9.17) is 0 Å². The third-order valence-corrected chi connectivity index (χ3v) is 7.10. The van der Waals surface area contributed by atoms with Gasteiger partial charge in [-0.2, -0.15) is 0 Å². The van der Waals surface area contributed by atoms with Crippen LogP contribution in [0.3, 0.4) is 0 Å². The molecule has 2 aromatic rings. The van der Waals surface area contributed by atoms with Crippen molar-refractivity contribution < 1.29 is 9.59 Å². The van der Waals surface area contributed by atoms with Crippen LogP contribution in [0, 0.1) is 19.8 Å². The predicted molar refractivity (Wildman–Crippen MR) is 127 cm³/mol. The molecular weight excluding hydrogens is 400 g/mol. The van der Waals surface area contributed by atoms with Gasteiger partial charge in [0.05, 0.1) is 5.56 Å². The fraction of sp³-hybridized carbons (Fsp3) is 0.538. The molecule has 2 aliphatic rings. The summed E-state index contributed by atoms with van der Waals surface area (Å²) >= 11 is 0. The van der Waals surface area contributed by atoms with Crippen molar-refractivity contribution in [2.75, 3.05) is 39.3 Å². The van der Waals surface area contributed by atoms with Crippen LogP contribution in [-0.2, 0) is 11.3 Å². The molecule has 1 aromatic heterocycles. The van der Waals surface area contributed by atoms with Crippen LogP contribution in [0.15, 0.2) is 36.4 Å². The molecule has 2 fully saturated rings. The van der Waals surface area contributed by atoms with E-state index in [-0.39, 0.29) is 11.8 Å². The zero-order valence-electron chi connectivity index (χ0n) is 19.5. The number of carbonyl (C=O) groups is 2. The number of nitrogens with zero attached hydrogens (tertiary/aromatic N) is 3. The Labute approximate surface area is 191 Å². The van der Waals surface area contributed by atoms with Gasteiger partial charge in [-0.25, -0.2) is 0 Å². The lowest BCUT2D eigenvalue weighted by Gasteiger charge is -2.36. The highest BCUT2D eigenvalue weighted by Gasteiger charge is 2.29. The van der Waals surface area contributed by atoms with Gasteiger partial charge in [-0.3, -0.25) is 14.5 Å². The van der Waals surface area contributed by atoms with Gasteiger partial charge < -0.3 is 14.8 Å². The monoisotopic (exact) mass is 436 g/mol. The van der Waals surface area contributed by atoms with E-state index >= 15 is 0 Å². The number of carbonyl (C=O) groups excluding carboxylic acids is 2. The largest absolute Gasteiger partial charge is 0.351 e. The van der Waals surface area contributed by atoms with E-state index < -0.39 is 0 Å². The van der Waals surface area contributed by atoms with E-state index in [1.54, 1.807) is 0 Å². The second-order valence-electron chi connectivity index (χ2n) is 9.26. The van der Waals surface area contributed by atoms with E-state index in [1.807, 2.05) is 36.1 Å². The summed E-state index contributed by atoms with van der Waals surface area (Å²) in [5, 5.41) is 3.10. The fourth-order valence-corrected chi connectivity index (χ4v) is 5.09. The molecule has 0 atom stereocenters. The second kappa shape index (κ2) is 10.3. The molecule has 2 heterocycles. The number of piperazine rings is 1.